The van der Waals surface area contributed by atoms with Crippen LogP contribution in [-0.4, -0.2) is 22.9 Å². The molecule has 1 aromatic carbocycles. The number of Topliss-reactive ketones (excluding diaryl/α,β-unsaturated/α-hetero) is 1. The molecule has 5 heteroatoms. The second-order valence-corrected chi connectivity index (χ2v) is 6.81. The zero-order valence-corrected chi connectivity index (χ0v) is 14.7. The standard InChI is InChI=1S/C18H18BrNO3/c1-11-9-16(12(2)20(11)15-7-8-15)17(21)10-23-18(22)13-3-5-14(19)6-4-13/h3-6,9,15H,7-8,10H2,1-2H3. The van der Waals surface area contributed by atoms with Crippen molar-refractivity contribution in [2.75, 3.05) is 6.61 Å². The molecule has 120 valence electrons. The highest BCUT2D eigenvalue weighted by Gasteiger charge is 2.28. The first-order valence-electron chi connectivity index (χ1n) is 7.61. The minimum Gasteiger partial charge on any atom is -0.454 e. The van der Waals surface area contributed by atoms with Gasteiger partial charge in [-0.05, 0) is 57.0 Å². The van der Waals surface area contributed by atoms with Gasteiger partial charge < -0.3 is 9.30 Å². The molecular formula is C18H18BrNO3. The van der Waals surface area contributed by atoms with Crippen molar-refractivity contribution in [3.05, 3.63) is 57.3 Å². The number of rotatable bonds is 5. The van der Waals surface area contributed by atoms with E-state index in [2.05, 4.69) is 20.5 Å². The van der Waals surface area contributed by atoms with Crippen molar-refractivity contribution < 1.29 is 14.3 Å². The molecule has 2 aromatic rings. The van der Waals surface area contributed by atoms with E-state index in [-0.39, 0.29) is 12.4 Å². The molecule has 0 N–H and O–H groups in total. The number of ether oxygens (including phenoxy) is 1. The molecule has 0 saturated heterocycles. The van der Waals surface area contributed by atoms with Crippen LogP contribution in [0.1, 0.15) is 51.0 Å². The van der Waals surface area contributed by atoms with Crippen molar-refractivity contribution in [1.29, 1.82) is 0 Å². The molecule has 0 bridgehead atoms. The monoisotopic (exact) mass is 375 g/mol. The van der Waals surface area contributed by atoms with E-state index in [0.717, 1.165) is 15.9 Å². The molecule has 1 fully saturated rings. The second-order valence-electron chi connectivity index (χ2n) is 5.89. The smallest absolute Gasteiger partial charge is 0.338 e. The zero-order chi connectivity index (χ0) is 16.6. The first-order valence-corrected chi connectivity index (χ1v) is 8.41. The van der Waals surface area contributed by atoms with Crippen LogP contribution >= 0.6 is 15.9 Å². The Bertz CT molecular complexity index is 757. The summed E-state index contributed by atoms with van der Waals surface area (Å²) in [5.41, 5.74) is 3.14. The third-order valence-electron chi connectivity index (χ3n) is 4.11. The van der Waals surface area contributed by atoms with E-state index in [9.17, 15) is 9.59 Å². The molecule has 3 rings (SSSR count). The summed E-state index contributed by atoms with van der Waals surface area (Å²) in [6.07, 6.45) is 2.34. The van der Waals surface area contributed by atoms with Gasteiger partial charge in [-0.15, -0.1) is 0 Å². The Morgan fingerprint density at radius 1 is 1.22 bits per heavy atom. The Morgan fingerprint density at radius 3 is 2.48 bits per heavy atom. The van der Waals surface area contributed by atoms with Crippen LogP contribution in [0.2, 0.25) is 0 Å². The fraction of sp³-hybridized carbons (Fsp3) is 0.333. The van der Waals surface area contributed by atoms with Gasteiger partial charge in [-0.3, -0.25) is 4.79 Å². The molecule has 0 unspecified atom stereocenters. The number of halogens is 1. The Kier molecular flexibility index (Phi) is 4.39. The largest absolute Gasteiger partial charge is 0.454 e. The van der Waals surface area contributed by atoms with Crippen LogP contribution in [0.4, 0.5) is 0 Å². The molecule has 0 atom stereocenters. The van der Waals surface area contributed by atoms with Crippen molar-refractivity contribution in [3.63, 3.8) is 0 Å². The molecule has 1 aliphatic rings. The van der Waals surface area contributed by atoms with Crippen LogP contribution < -0.4 is 0 Å². The number of aryl methyl sites for hydroxylation is 1. The topological polar surface area (TPSA) is 48.3 Å². The van der Waals surface area contributed by atoms with Crippen LogP contribution in [-0.2, 0) is 4.74 Å². The second kappa shape index (κ2) is 6.32. The van der Waals surface area contributed by atoms with E-state index in [4.69, 9.17) is 4.74 Å². The van der Waals surface area contributed by atoms with Gasteiger partial charge in [0.1, 0.15) is 0 Å². The summed E-state index contributed by atoms with van der Waals surface area (Å²) in [5.74, 6) is -0.641. The first-order chi connectivity index (χ1) is 11.0. The van der Waals surface area contributed by atoms with Crippen LogP contribution in [0.25, 0.3) is 0 Å². The molecule has 23 heavy (non-hydrogen) atoms. The Hall–Kier alpha value is -1.88. The summed E-state index contributed by atoms with van der Waals surface area (Å²) >= 11 is 3.31. The normalized spacial score (nSPS) is 13.9. The van der Waals surface area contributed by atoms with Gasteiger partial charge in [-0.25, -0.2) is 4.79 Å². The summed E-state index contributed by atoms with van der Waals surface area (Å²) in [7, 11) is 0. The van der Waals surface area contributed by atoms with Crippen LogP contribution in [0, 0.1) is 13.8 Å². The molecule has 1 aromatic heterocycles. The molecule has 0 spiro atoms. The van der Waals surface area contributed by atoms with E-state index in [1.807, 2.05) is 19.9 Å². The van der Waals surface area contributed by atoms with Gasteiger partial charge in [-0.2, -0.15) is 0 Å². The summed E-state index contributed by atoms with van der Waals surface area (Å²) < 4.78 is 8.25. The van der Waals surface area contributed by atoms with Crippen molar-refractivity contribution in [2.24, 2.45) is 0 Å². The molecule has 1 aliphatic carbocycles. The Labute approximate surface area is 143 Å². The third kappa shape index (κ3) is 3.39. The lowest BCUT2D eigenvalue weighted by molar-refractivity contribution is 0.0474. The quantitative estimate of drug-likeness (QED) is 0.579. The summed E-state index contributed by atoms with van der Waals surface area (Å²) in [5, 5.41) is 0. The minimum atomic E-state index is -0.484. The number of esters is 1. The lowest BCUT2D eigenvalue weighted by Crippen LogP contribution is -2.15. The van der Waals surface area contributed by atoms with E-state index in [1.54, 1.807) is 24.3 Å². The summed E-state index contributed by atoms with van der Waals surface area (Å²) in [4.78, 5) is 24.3. The first kappa shape index (κ1) is 16.0. The van der Waals surface area contributed by atoms with Crippen molar-refractivity contribution in [3.8, 4) is 0 Å². The highest BCUT2D eigenvalue weighted by molar-refractivity contribution is 9.10. The van der Waals surface area contributed by atoms with Gasteiger partial charge in [-0.1, -0.05) is 15.9 Å². The van der Waals surface area contributed by atoms with E-state index in [1.165, 1.54) is 12.8 Å². The molecule has 1 heterocycles. The maximum atomic E-state index is 12.4. The lowest BCUT2D eigenvalue weighted by atomic mass is 10.1. The number of carbonyl (C=O) groups is 2. The van der Waals surface area contributed by atoms with Gasteiger partial charge in [0.05, 0.1) is 5.56 Å². The summed E-state index contributed by atoms with van der Waals surface area (Å²) in [6.45, 7) is 3.73. The fourth-order valence-corrected chi connectivity index (χ4v) is 3.10. The van der Waals surface area contributed by atoms with Crippen LogP contribution in [0.15, 0.2) is 34.8 Å². The van der Waals surface area contributed by atoms with Crippen LogP contribution in [0.3, 0.4) is 0 Å². The van der Waals surface area contributed by atoms with Crippen molar-refractivity contribution >= 4 is 27.7 Å². The number of hydrogen-bond acceptors (Lipinski definition) is 3. The van der Waals surface area contributed by atoms with Gasteiger partial charge in [0, 0.05) is 27.5 Å². The molecule has 0 amide bonds. The van der Waals surface area contributed by atoms with Gasteiger partial charge in [0.25, 0.3) is 0 Å². The number of hydrogen-bond donors (Lipinski definition) is 0. The lowest BCUT2D eigenvalue weighted by Gasteiger charge is -2.08. The Morgan fingerprint density at radius 2 is 1.87 bits per heavy atom. The van der Waals surface area contributed by atoms with Gasteiger partial charge >= 0.3 is 5.97 Å². The molecule has 0 aliphatic heterocycles. The number of carbonyl (C=O) groups excluding carboxylic acids is 2. The van der Waals surface area contributed by atoms with E-state index in [0.29, 0.717) is 17.2 Å². The molecule has 1 saturated carbocycles. The highest BCUT2D eigenvalue weighted by atomic mass is 79.9. The highest BCUT2D eigenvalue weighted by Crippen LogP contribution is 2.38. The van der Waals surface area contributed by atoms with E-state index >= 15 is 0 Å². The predicted octanol–water partition coefficient (Wildman–Crippen LogP) is 4.24. The summed E-state index contributed by atoms with van der Waals surface area (Å²) in [6, 6.07) is 9.28. The third-order valence-corrected chi connectivity index (χ3v) is 4.64. The zero-order valence-electron chi connectivity index (χ0n) is 13.1. The minimum absolute atomic E-state index is 0.157. The number of nitrogens with zero attached hydrogens (tertiary/aromatic N) is 1. The van der Waals surface area contributed by atoms with Crippen molar-refractivity contribution in [1.82, 2.24) is 4.57 Å². The van der Waals surface area contributed by atoms with Crippen LogP contribution in [0.5, 0.6) is 0 Å². The Balaban J connectivity index is 1.66. The average Bonchev–Trinajstić information content (AvgIpc) is 3.31. The van der Waals surface area contributed by atoms with Gasteiger partial charge in [0.2, 0.25) is 5.78 Å². The van der Waals surface area contributed by atoms with Crippen molar-refractivity contribution in [2.45, 2.75) is 32.7 Å². The predicted molar refractivity (Wildman–Crippen MR) is 90.9 cm³/mol. The average molecular weight is 376 g/mol. The molecule has 0 radical (unpaired) electrons. The fourth-order valence-electron chi connectivity index (χ4n) is 2.83. The number of aromatic nitrogens is 1. The molecular weight excluding hydrogens is 358 g/mol. The number of ketones is 1. The van der Waals surface area contributed by atoms with E-state index < -0.39 is 5.97 Å². The molecule has 4 nitrogen and oxygen atoms in total. The SMILES string of the molecule is Cc1cc(C(=O)COC(=O)c2ccc(Br)cc2)c(C)n1C1CC1. The number of benzene rings is 1. The van der Waals surface area contributed by atoms with Gasteiger partial charge in [0.15, 0.2) is 6.61 Å². The maximum absolute atomic E-state index is 12.4. The maximum Gasteiger partial charge on any atom is 0.338 e.